The molecule has 21 heavy (non-hydrogen) atoms. The van der Waals surface area contributed by atoms with Crippen LogP contribution >= 0.6 is 11.3 Å². The van der Waals surface area contributed by atoms with Crippen LogP contribution < -0.4 is 0 Å². The van der Waals surface area contributed by atoms with Gasteiger partial charge >= 0.3 is 0 Å². The summed E-state index contributed by atoms with van der Waals surface area (Å²) in [5, 5.41) is 7.60. The van der Waals surface area contributed by atoms with Crippen molar-refractivity contribution in [1.29, 1.82) is 0 Å². The van der Waals surface area contributed by atoms with Gasteiger partial charge in [0.2, 0.25) is 0 Å². The molecule has 0 spiro atoms. The predicted octanol–water partition coefficient (Wildman–Crippen LogP) is 3.50. The van der Waals surface area contributed by atoms with Gasteiger partial charge in [0.25, 0.3) is 0 Å². The highest BCUT2D eigenvalue weighted by Gasteiger charge is 2.21. The van der Waals surface area contributed by atoms with Crippen molar-refractivity contribution in [3.63, 3.8) is 0 Å². The molecule has 1 aliphatic heterocycles. The van der Waals surface area contributed by atoms with E-state index in [0.29, 0.717) is 5.92 Å². The number of ether oxygens (including phenoxy) is 1. The summed E-state index contributed by atoms with van der Waals surface area (Å²) in [6, 6.07) is 10.1. The third-order valence-electron chi connectivity index (χ3n) is 3.72. The molecule has 0 N–H and O–H groups in total. The van der Waals surface area contributed by atoms with Crippen LogP contribution in [0.4, 0.5) is 0 Å². The Hall–Kier alpha value is -1.98. The second kappa shape index (κ2) is 5.42. The van der Waals surface area contributed by atoms with Gasteiger partial charge in [-0.3, -0.25) is 0 Å². The maximum absolute atomic E-state index is 5.44. The number of benzene rings is 1. The average molecular weight is 297 g/mol. The van der Waals surface area contributed by atoms with E-state index >= 15 is 0 Å². The molecule has 0 bridgehead atoms. The Morgan fingerprint density at radius 3 is 2.95 bits per heavy atom. The van der Waals surface area contributed by atoms with Gasteiger partial charge in [0.15, 0.2) is 0 Å². The monoisotopic (exact) mass is 297 g/mol. The van der Waals surface area contributed by atoms with Gasteiger partial charge in [-0.2, -0.15) is 5.10 Å². The fraction of sp³-hybridized carbons (Fsp3) is 0.250. The zero-order valence-corrected chi connectivity index (χ0v) is 12.3. The van der Waals surface area contributed by atoms with E-state index in [0.717, 1.165) is 41.6 Å². The van der Waals surface area contributed by atoms with E-state index in [2.05, 4.69) is 10.5 Å². The maximum Gasteiger partial charge on any atom is 0.126 e. The first-order valence-electron chi connectivity index (χ1n) is 7.04. The highest BCUT2D eigenvalue weighted by molar-refractivity contribution is 7.13. The summed E-state index contributed by atoms with van der Waals surface area (Å²) >= 11 is 1.68. The molecule has 1 fully saturated rings. The van der Waals surface area contributed by atoms with E-state index < -0.39 is 0 Å². The normalized spacial score (nSPS) is 18.2. The zero-order chi connectivity index (χ0) is 14.1. The van der Waals surface area contributed by atoms with Gasteiger partial charge in [0.1, 0.15) is 5.01 Å². The summed E-state index contributed by atoms with van der Waals surface area (Å²) in [4.78, 5) is 4.75. The van der Waals surface area contributed by atoms with Crippen LogP contribution in [0.2, 0.25) is 0 Å². The quantitative estimate of drug-likeness (QED) is 0.743. The molecular weight excluding hydrogens is 282 g/mol. The van der Waals surface area contributed by atoms with E-state index in [-0.39, 0.29) is 0 Å². The van der Waals surface area contributed by atoms with Crippen molar-refractivity contribution in [2.24, 2.45) is 0 Å². The molecule has 1 aliphatic rings. The zero-order valence-electron chi connectivity index (χ0n) is 11.5. The van der Waals surface area contributed by atoms with Gasteiger partial charge in [0.05, 0.1) is 24.2 Å². The summed E-state index contributed by atoms with van der Waals surface area (Å²) in [5.41, 5.74) is 3.28. The number of hydrogen-bond donors (Lipinski definition) is 0. The molecule has 106 valence electrons. The van der Waals surface area contributed by atoms with Crippen molar-refractivity contribution in [3.05, 3.63) is 53.8 Å². The van der Waals surface area contributed by atoms with Crippen LogP contribution in [-0.2, 0) is 4.74 Å². The minimum absolute atomic E-state index is 0.458. The van der Waals surface area contributed by atoms with E-state index in [4.69, 9.17) is 9.72 Å². The average Bonchev–Trinajstić information content (AvgIpc) is 3.27. The highest BCUT2D eigenvalue weighted by Crippen LogP contribution is 2.30. The molecule has 2 aromatic heterocycles. The first kappa shape index (κ1) is 12.7. The lowest BCUT2D eigenvalue weighted by molar-refractivity contribution is 0.193. The second-order valence-electron chi connectivity index (χ2n) is 5.15. The second-order valence-corrected chi connectivity index (χ2v) is 6.01. The van der Waals surface area contributed by atoms with Crippen LogP contribution in [0.3, 0.4) is 0 Å². The molecule has 3 aromatic rings. The van der Waals surface area contributed by atoms with Gasteiger partial charge in [0, 0.05) is 29.7 Å². The van der Waals surface area contributed by atoms with Gasteiger partial charge in [-0.25, -0.2) is 9.67 Å². The first-order chi connectivity index (χ1) is 10.4. The maximum atomic E-state index is 5.44. The number of hydrogen-bond acceptors (Lipinski definition) is 4. The lowest BCUT2D eigenvalue weighted by atomic mass is 10.1. The molecule has 1 aromatic carbocycles. The molecule has 0 radical (unpaired) electrons. The third kappa shape index (κ3) is 2.50. The van der Waals surface area contributed by atoms with Gasteiger partial charge in [-0.05, 0) is 18.6 Å². The highest BCUT2D eigenvalue weighted by atomic mass is 32.1. The van der Waals surface area contributed by atoms with Crippen LogP contribution in [0.25, 0.3) is 16.3 Å². The van der Waals surface area contributed by atoms with Gasteiger partial charge < -0.3 is 4.74 Å². The van der Waals surface area contributed by atoms with Crippen LogP contribution in [0.5, 0.6) is 0 Å². The number of nitrogens with zero attached hydrogens (tertiary/aromatic N) is 3. The molecule has 0 unspecified atom stereocenters. The van der Waals surface area contributed by atoms with Crippen LogP contribution in [-0.4, -0.2) is 28.0 Å². The summed E-state index contributed by atoms with van der Waals surface area (Å²) in [6.45, 7) is 1.65. The molecule has 4 nitrogen and oxygen atoms in total. The number of aromatic nitrogens is 3. The molecule has 4 rings (SSSR count). The minimum atomic E-state index is 0.458. The van der Waals surface area contributed by atoms with Crippen molar-refractivity contribution in [1.82, 2.24) is 14.8 Å². The smallest absolute Gasteiger partial charge is 0.126 e. The number of para-hydroxylation sites is 1. The standard InChI is InChI=1S/C16H15N3OS/c1-2-4-14(5-3-1)19-9-13(8-17-19)16-18-15(11-21-16)12-6-7-20-10-12/h1-5,8-9,11-12H,6-7,10H2/t12-/m1/s1. The summed E-state index contributed by atoms with van der Waals surface area (Å²) in [6.07, 6.45) is 4.98. The van der Waals surface area contributed by atoms with E-state index in [1.54, 1.807) is 11.3 Å². The molecule has 3 heterocycles. The van der Waals surface area contributed by atoms with Crippen molar-refractivity contribution in [3.8, 4) is 16.3 Å². The minimum Gasteiger partial charge on any atom is -0.381 e. The Balaban J connectivity index is 1.61. The summed E-state index contributed by atoms with van der Waals surface area (Å²) < 4.78 is 7.32. The lowest BCUT2D eigenvalue weighted by Crippen LogP contribution is -1.97. The fourth-order valence-corrected chi connectivity index (χ4v) is 3.41. The number of rotatable bonds is 3. The van der Waals surface area contributed by atoms with Crippen molar-refractivity contribution >= 4 is 11.3 Å². The predicted molar refractivity (Wildman–Crippen MR) is 82.8 cm³/mol. The topological polar surface area (TPSA) is 39.9 Å². The van der Waals surface area contributed by atoms with Gasteiger partial charge in [-0.1, -0.05) is 18.2 Å². The van der Waals surface area contributed by atoms with Crippen LogP contribution in [0.1, 0.15) is 18.0 Å². The molecule has 5 heteroatoms. The van der Waals surface area contributed by atoms with Gasteiger partial charge in [-0.15, -0.1) is 11.3 Å². The Kier molecular flexibility index (Phi) is 3.29. The lowest BCUT2D eigenvalue weighted by Gasteiger charge is -2.01. The Morgan fingerprint density at radius 2 is 2.14 bits per heavy atom. The molecule has 1 saturated heterocycles. The first-order valence-corrected chi connectivity index (χ1v) is 7.92. The Labute approximate surface area is 127 Å². The largest absolute Gasteiger partial charge is 0.381 e. The summed E-state index contributed by atoms with van der Waals surface area (Å²) in [5.74, 6) is 0.458. The SMILES string of the molecule is c1ccc(-n2cc(-c3nc([C@@H]4CCOC4)cs3)cn2)cc1. The van der Waals surface area contributed by atoms with Crippen LogP contribution in [0.15, 0.2) is 48.1 Å². The molecule has 0 amide bonds. The van der Waals surface area contributed by atoms with Crippen molar-refractivity contribution < 1.29 is 4.74 Å². The molecule has 1 atom stereocenters. The number of thiazole rings is 1. The fourth-order valence-electron chi connectivity index (χ4n) is 2.53. The Bertz CT molecular complexity index is 729. The Morgan fingerprint density at radius 1 is 1.24 bits per heavy atom. The molecule has 0 aliphatic carbocycles. The third-order valence-corrected chi connectivity index (χ3v) is 4.63. The molecule has 0 saturated carbocycles. The van der Waals surface area contributed by atoms with Crippen molar-refractivity contribution in [2.75, 3.05) is 13.2 Å². The summed E-state index contributed by atoms with van der Waals surface area (Å²) in [7, 11) is 0. The van der Waals surface area contributed by atoms with E-state index in [1.807, 2.05) is 47.4 Å². The van der Waals surface area contributed by atoms with E-state index in [1.165, 1.54) is 0 Å². The van der Waals surface area contributed by atoms with Crippen LogP contribution in [0, 0.1) is 0 Å². The van der Waals surface area contributed by atoms with E-state index in [9.17, 15) is 0 Å². The molecular formula is C16H15N3OS. The van der Waals surface area contributed by atoms with Crippen molar-refractivity contribution in [2.45, 2.75) is 12.3 Å².